The first-order chi connectivity index (χ1) is 19.7. The Kier molecular flexibility index (Phi) is 10.3. The summed E-state index contributed by atoms with van der Waals surface area (Å²) >= 11 is 6.92. The lowest BCUT2D eigenvalue weighted by Crippen LogP contribution is -2.49. The number of thioether (sulfide) groups is 1. The van der Waals surface area contributed by atoms with Gasteiger partial charge >= 0.3 is 0 Å². The number of nitrogens with zero attached hydrogens (tertiary/aromatic N) is 5. The van der Waals surface area contributed by atoms with E-state index < -0.39 is 0 Å². The number of amides is 1. The summed E-state index contributed by atoms with van der Waals surface area (Å²) in [6, 6.07) is 8.83. The van der Waals surface area contributed by atoms with E-state index >= 15 is 0 Å². The number of nitriles is 1. The number of piperazine rings is 1. The molecule has 218 valence electrons. The molecule has 1 amide bonds. The molecule has 4 rings (SSSR count). The molecule has 41 heavy (non-hydrogen) atoms. The van der Waals surface area contributed by atoms with Crippen LogP contribution < -0.4 is 15.4 Å². The van der Waals surface area contributed by atoms with Crippen LogP contribution in [0.15, 0.2) is 34.0 Å². The standard InChI is InChI=1S/C31H38FN5O2S2/c1-5-8-11-22(6-2)20-37-30(39)27(41-31(37)40)18-23-21(4)24(19-33)29(38)36(7-3)28(23)35-16-14-34(15-17-35)26-13-10-9-12-25(26)32/h9-10,12-13,18,22H,5-8,11,14-17,20H2,1-4H3/b27-18+. The molecule has 0 bridgehead atoms. The number of unbranched alkanes of at least 4 members (excludes halogenated alkanes) is 1. The van der Waals surface area contributed by atoms with Crippen molar-refractivity contribution in [2.75, 3.05) is 42.5 Å². The predicted octanol–water partition coefficient (Wildman–Crippen LogP) is 5.93. The number of thiocarbonyl (C=S) groups is 1. The van der Waals surface area contributed by atoms with Crippen LogP contribution in [0.1, 0.15) is 63.1 Å². The van der Waals surface area contributed by atoms with E-state index in [1.165, 1.54) is 17.8 Å². The van der Waals surface area contributed by atoms with E-state index in [4.69, 9.17) is 12.2 Å². The Morgan fingerprint density at radius 1 is 1.12 bits per heavy atom. The Bertz CT molecular complexity index is 1440. The average Bonchev–Trinajstić information content (AvgIpc) is 3.24. The molecule has 2 saturated heterocycles. The zero-order valence-electron chi connectivity index (χ0n) is 24.3. The maximum absolute atomic E-state index is 14.5. The third-order valence-corrected chi connectivity index (χ3v) is 9.45. The van der Waals surface area contributed by atoms with Crippen molar-refractivity contribution in [3.8, 4) is 6.07 Å². The number of rotatable bonds is 10. The van der Waals surface area contributed by atoms with E-state index in [1.807, 2.05) is 24.0 Å². The maximum Gasteiger partial charge on any atom is 0.270 e. The summed E-state index contributed by atoms with van der Waals surface area (Å²) in [6.07, 6.45) is 6.07. The van der Waals surface area contributed by atoms with Crippen molar-refractivity contribution in [3.63, 3.8) is 0 Å². The van der Waals surface area contributed by atoms with Gasteiger partial charge in [-0.25, -0.2) is 4.39 Å². The molecule has 2 aliphatic heterocycles. The fourth-order valence-corrected chi connectivity index (χ4v) is 6.87. The first-order valence-corrected chi connectivity index (χ1v) is 15.6. The molecule has 10 heteroatoms. The number of hydrogen-bond donors (Lipinski definition) is 0. The number of benzene rings is 1. The normalized spacial score (nSPS) is 17.5. The SMILES string of the molecule is CCCCC(CC)CN1C(=O)/C(=C\c2c(C)c(C#N)c(=O)n(CC)c2N2CCN(c3ccccc3F)CC2)SC1=S. The molecule has 1 atom stereocenters. The fourth-order valence-electron chi connectivity index (χ4n) is 5.61. The fraction of sp³-hybridized carbons (Fsp3) is 0.484. The van der Waals surface area contributed by atoms with Crippen LogP contribution in [0.4, 0.5) is 15.9 Å². The Balaban J connectivity index is 1.71. The van der Waals surface area contributed by atoms with Crippen molar-refractivity contribution >= 4 is 51.8 Å². The van der Waals surface area contributed by atoms with Gasteiger partial charge in [0.05, 0.1) is 10.6 Å². The van der Waals surface area contributed by atoms with Crippen LogP contribution >= 0.6 is 24.0 Å². The van der Waals surface area contributed by atoms with Gasteiger partial charge in [0.25, 0.3) is 11.5 Å². The summed E-state index contributed by atoms with van der Waals surface area (Å²) in [4.78, 5) is 33.3. The topological polar surface area (TPSA) is 72.6 Å². The van der Waals surface area contributed by atoms with Crippen LogP contribution in [0.3, 0.4) is 0 Å². The van der Waals surface area contributed by atoms with Gasteiger partial charge < -0.3 is 9.80 Å². The molecule has 0 radical (unpaired) electrons. The lowest BCUT2D eigenvalue weighted by Gasteiger charge is -2.39. The van der Waals surface area contributed by atoms with Crippen LogP contribution in [-0.2, 0) is 11.3 Å². The van der Waals surface area contributed by atoms with E-state index in [9.17, 15) is 19.2 Å². The maximum atomic E-state index is 14.5. The Morgan fingerprint density at radius 2 is 1.80 bits per heavy atom. The highest BCUT2D eigenvalue weighted by Gasteiger charge is 2.34. The van der Waals surface area contributed by atoms with Crippen molar-refractivity contribution in [1.29, 1.82) is 5.26 Å². The minimum Gasteiger partial charge on any atom is -0.366 e. The number of carbonyl (C=O) groups is 1. The summed E-state index contributed by atoms with van der Waals surface area (Å²) in [5, 5.41) is 9.88. The summed E-state index contributed by atoms with van der Waals surface area (Å²) in [7, 11) is 0. The second-order valence-corrected chi connectivity index (χ2v) is 12.2. The monoisotopic (exact) mass is 595 g/mol. The van der Waals surface area contributed by atoms with Crippen LogP contribution in [0.5, 0.6) is 0 Å². The van der Waals surface area contributed by atoms with E-state index in [-0.39, 0.29) is 22.8 Å². The van der Waals surface area contributed by atoms with Gasteiger partial charge in [0.15, 0.2) is 0 Å². The highest BCUT2D eigenvalue weighted by atomic mass is 32.2. The molecule has 0 aliphatic carbocycles. The van der Waals surface area contributed by atoms with Crippen LogP contribution in [0.25, 0.3) is 6.08 Å². The zero-order chi connectivity index (χ0) is 29.7. The molecule has 2 aromatic rings. The van der Waals surface area contributed by atoms with Gasteiger partial charge in [-0.05, 0) is 50.0 Å². The van der Waals surface area contributed by atoms with Gasteiger partial charge in [0.1, 0.15) is 27.6 Å². The smallest absolute Gasteiger partial charge is 0.270 e. The molecule has 0 saturated carbocycles. The lowest BCUT2D eigenvalue weighted by atomic mass is 9.99. The second-order valence-electron chi connectivity index (χ2n) is 10.5. The minimum absolute atomic E-state index is 0.0768. The Labute approximate surface area is 251 Å². The lowest BCUT2D eigenvalue weighted by molar-refractivity contribution is -0.122. The molecule has 0 spiro atoms. The molecule has 3 heterocycles. The molecule has 0 N–H and O–H groups in total. The average molecular weight is 596 g/mol. The van der Waals surface area contributed by atoms with Crippen molar-refractivity contribution in [3.05, 3.63) is 62.0 Å². The van der Waals surface area contributed by atoms with Gasteiger partial charge in [-0.1, -0.05) is 69.2 Å². The predicted molar refractivity (Wildman–Crippen MR) is 170 cm³/mol. The summed E-state index contributed by atoms with van der Waals surface area (Å²) in [5.41, 5.74) is 1.52. The molecule has 7 nitrogen and oxygen atoms in total. The van der Waals surface area contributed by atoms with Gasteiger partial charge in [-0.3, -0.25) is 19.1 Å². The highest BCUT2D eigenvalue weighted by Crippen LogP contribution is 2.37. The molecular weight excluding hydrogens is 558 g/mol. The third-order valence-electron chi connectivity index (χ3n) is 8.07. The molecule has 2 aliphatic rings. The van der Waals surface area contributed by atoms with Crippen molar-refractivity contribution in [2.45, 2.75) is 59.9 Å². The number of pyridine rings is 1. The molecule has 1 unspecified atom stereocenters. The largest absolute Gasteiger partial charge is 0.366 e. The van der Waals surface area contributed by atoms with E-state index in [2.05, 4.69) is 24.8 Å². The summed E-state index contributed by atoms with van der Waals surface area (Å²) in [6.45, 7) is 11.2. The Morgan fingerprint density at radius 3 is 2.41 bits per heavy atom. The first-order valence-electron chi connectivity index (χ1n) is 14.4. The molecule has 1 aromatic heterocycles. The molecule has 2 fully saturated rings. The van der Waals surface area contributed by atoms with Crippen LogP contribution in [0.2, 0.25) is 0 Å². The Hall–Kier alpha value is -3.16. The molecule has 1 aromatic carbocycles. The highest BCUT2D eigenvalue weighted by molar-refractivity contribution is 8.26. The van der Waals surface area contributed by atoms with E-state index in [0.29, 0.717) is 77.0 Å². The number of carbonyl (C=O) groups excluding carboxylic acids is 1. The van der Waals surface area contributed by atoms with Gasteiger partial charge in [0, 0.05) is 44.8 Å². The van der Waals surface area contributed by atoms with E-state index in [0.717, 1.165) is 25.7 Å². The van der Waals surface area contributed by atoms with Crippen molar-refractivity contribution in [1.82, 2.24) is 9.47 Å². The van der Waals surface area contributed by atoms with Crippen molar-refractivity contribution < 1.29 is 9.18 Å². The quantitative estimate of drug-likeness (QED) is 0.249. The number of halogens is 1. The van der Waals surface area contributed by atoms with Crippen LogP contribution in [0, 0.1) is 30.0 Å². The number of para-hydroxylation sites is 1. The van der Waals surface area contributed by atoms with Crippen LogP contribution in [-0.4, -0.2) is 52.4 Å². The molecular formula is C31H38FN5O2S2. The number of hydrogen-bond acceptors (Lipinski definition) is 7. The summed E-state index contributed by atoms with van der Waals surface area (Å²) < 4.78 is 16.6. The zero-order valence-corrected chi connectivity index (χ0v) is 25.9. The second kappa shape index (κ2) is 13.7. The number of anilines is 2. The van der Waals surface area contributed by atoms with E-state index in [1.54, 1.807) is 28.5 Å². The van der Waals surface area contributed by atoms with Crippen molar-refractivity contribution in [2.24, 2.45) is 5.92 Å². The first kappa shape index (κ1) is 30.8. The van der Waals surface area contributed by atoms with Gasteiger partial charge in [0.2, 0.25) is 0 Å². The van der Waals surface area contributed by atoms with Gasteiger partial charge in [-0.2, -0.15) is 5.26 Å². The minimum atomic E-state index is -0.342. The number of aromatic nitrogens is 1. The third kappa shape index (κ3) is 6.36. The summed E-state index contributed by atoms with van der Waals surface area (Å²) in [5.74, 6) is 0.676. The van der Waals surface area contributed by atoms with Gasteiger partial charge in [-0.15, -0.1) is 0 Å².